The van der Waals surface area contributed by atoms with E-state index < -0.39 is 55.2 Å². The molecule has 23 heteroatoms. The van der Waals surface area contributed by atoms with Crippen LogP contribution in [0.5, 0.6) is 0 Å². The van der Waals surface area contributed by atoms with Gasteiger partial charge in [-0.15, -0.1) is 0 Å². The molecule has 0 aliphatic carbocycles. The van der Waals surface area contributed by atoms with Crippen LogP contribution in [0.25, 0.3) is 0 Å². The molecule has 0 radical (unpaired) electrons. The third kappa shape index (κ3) is 5.28. The van der Waals surface area contributed by atoms with Gasteiger partial charge in [-0.05, 0) is 31.9 Å². The van der Waals surface area contributed by atoms with Gasteiger partial charge in [0.1, 0.15) is 0 Å². The number of alkyl halides is 17. The molecule has 2 unspecified atom stereocenters. The predicted octanol–water partition coefficient (Wildman–Crippen LogP) is 5.97. The molecular weight excluding hydrogens is 656 g/mol. The number of halogens is 18. The van der Waals surface area contributed by atoms with Gasteiger partial charge in [-0.3, -0.25) is 9.47 Å². The van der Waals surface area contributed by atoms with Gasteiger partial charge in [-0.25, -0.2) is 0 Å². The van der Waals surface area contributed by atoms with Gasteiger partial charge >= 0.3 is 55.2 Å². The van der Waals surface area contributed by atoms with E-state index in [1.807, 2.05) is 4.74 Å². The Bertz CT molecular complexity index is 773. The lowest BCUT2D eigenvalue weighted by molar-refractivity contribution is -0.528. The van der Waals surface area contributed by atoms with E-state index in [-0.39, 0.29) is 0 Å². The van der Waals surface area contributed by atoms with Crippen molar-refractivity contribution >= 4 is 42.1 Å². The third-order valence-electron chi connectivity index (χ3n) is 2.63. The van der Waals surface area contributed by atoms with Crippen LogP contribution in [0, 0.1) is 0 Å². The summed E-state index contributed by atoms with van der Waals surface area (Å²) in [6.07, 6.45) is -23.2. The molecule has 0 bridgehead atoms. The molecule has 0 amide bonds. The molecule has 0 saturated heterocycles. The molecule has 0 aliphatic heterocycles. The van der Waals surface area contributed by atoms with Crippen molar-refractivity contribution in [3.05, 3.63) is 0 Å². The Kier molecular flexibility index (Phi) is 7.82. The molecule has 2 atom stereocenters. The zero-order valence-electron chi connectivity index (χ0n) is 12.8. The summed E-state index contributed by atoms with van der Waals surface area (Å²) in [6, 6.07) is 0. The van der Waals surface area contributed by atoms with Crippen molar-refractivity contribution in [1.29, 1.82) is 0 Å². The molecule has 0 rings (SSSR count). The summed E-state index contributed by atoms with van der Waals surface area (Å²) in [4.78, 5) is -5.98. The molecule has 0 spiro atoms. The third-order valence-corrected chi connectivity index (χ3v) is 4.64. The molecule has 0 saturated carbocycles. The highest BCUT2D eigenvalue weighted by Crippen LogP contribution is 2.58. The smallest absolute Gasteiger partial charge is 0.263 e. The molecule has 0 aromatic rings. The van der Waals surface area contributed by atoms with Gasteiger partial charge in [-0.1, -0.05) is 3.89 Å². The first-order chi connectivity index (χ1) is 12.9. The van der Waals surface area contributed by atoms with E-state index >= 15 is 0 Å². The lowest BCUT2D eigenvalue weighted by Gasteiger charge is -2.40. The van der Waals surface area contributed by atoms with E-state index in [2.05, 4.69) is 0 Å². The largest absolute Gasteiger partial charge is 0.464 e. The van der Waals surface area contributed by atoms with E-state index in [9.17, 15) is 78.2 Å². The summed E-state index contributed by atoms with van der Waals surface area (Å²) in [5.41, 5.74) is 0. The van der Waals surface area contributed by atoms with Crippen LogP contribution in [0.4, 0.5) is 69.7 Å². The molecule has 0 aromatic carbocycles. The van der Waals surface area contributed by atoms with Crippen molar-refractivity contribution < 1.29 is 87.6 Å². The maximum Gasteiger partial charge on any atom is 0.464 e. The summed E-state index contributed by atoms with van der Waals surface area (Å²) in [5.74, 6) is -14.6. The van der Waals surface area contributed by atoms with E-state index in [4.69, 9.17) is 0 Å². The highest BCUT2D eigenvalue weighted by molar-refractivity contribution is 9.10. The first-order valence-corrected chi connectivity index (χ1v) is 8.94. The molecule has 0 heterocycles. The Morgan fingerprint density at radius 3 is 1.23 bits per heavy atom. The van der Waals surface area contributed by atoms with Gasteiger partial charge in [0, 0.05) is 0 Å². The zero-order valence-corrected chi connectivity index (χ0v) is 16.8. The first kappa shape index (κ1) is 30.7. The summed E-state index contributed by atoms with van der Waals surface area (Å²) in [6.45, 7) is 0. The van der Waals surface area contributed by atoms with E-state index in [1.165, 1.54) is 4.74 Å². The fraction of sp³-hybridized carbons (Fsp3) is 1.00. The SMILES string of the molecule is O=S(=O)(F)C(F)(F)C(F)(F)OC(F)(C(F)(F)F)C(F)(F)OC(F)(Br)C(F)(F)C(F)(F)Br. The van der Waals surface area contributed by atoms with Crippen molar-refractivity contribution in [2.75, 3.05) is 0 Å². The normalized spacial score (nSPS) is 19.7. The molecule has 0 fully saturated rings. The van der Waals surface area contributed by atoms with Crippen LogP contribution >= 0.6 is 31.9 Å². The van der Waals surface area contributed by atoms with Gasteiger partial charge in [0.15, 0.2) is 0 Å². The van der Waals surface area contributed by atoms with Crippen LogP contribution in [-0.4, -0.2) is 53.4 Å². The van der Waals surface area contributed by atoms with Crippen molar-refractivity contribution in [3.63, 3.8) is 0 Å². The van der Waals surface area contributed by atoms with Gasteiger partial charge in [0.25, 0.3) is 0 Å². The van der Waals surface area contributed by atoms with Crippen LogP contribution in [0.3, 0.4) is 0 Å². The molecule has 0 aromatic heterocycles. The van der Waals surface area contributed by atoms with Gasteiger partial charge in [0.05, 0.1) is 0 Å². The van der Waals surface area contributed by atoms with E-state index in [1.54, 1.807) is 0 Å². The number of hydrogen-bond donors (Lipinski definition) is 0. The monoisotopic (exact) mass is 654 g/mol. The Labute approximate surface area is 175 Å². The lowest BCUT2D eigenvalue weighted by Crippen LogP contribution is -2.66. The van der Waals surface area contributed by atoms with Crippen LogP contribution in [-0.2, 0) is 19.7 Å². The Morgan fingerprint density at radius 2 is 0.968 bits per heavy atom. The highest BCUT2D eigenvalue weighted by Gasteiger charge is 2.84. The van der Waals surface area contributed by atoms with Crippen molar-refractivity contribution in [1.82, 2.24) is 0 Å². The molecular formula is C8Br2F16O4S. The van der Waals surface area contributed by atoms with E-state index in [0.717, 1.165) is 0 Å². The maximum absolute atomic E-state index is 13.7. The Morgan fingerprint density at radius 1 is 0.613 bits per heavy atom. The maximum atomic E-state index is 13.7. The van der Waals surface area contributed by atoms with E-state index in [0.29, 0.717) is 31.9 Å². The standard InChI is InChI=1S/C8Br2F16O4S/c9-3(14,15)1(11,12)4(10,16)30-6(20,21)2(13,5(17,18)19)29-7(22,23)8(24,25)31(26,27)28. The first-order valence-electron chi connectivity index (χ1n) is 5.97. The average molecular weight is 656 g/mol. The minimum atomic E-state index is -8.04. The van der Waals surface area contributed by atoms with Crippen molar-refractivity contribution in [2.24, 2.45) is 0 Å². The summed E-state index contributed by atoms with van der Waals surface area (Å²) in [7, 11) is -8.04. The quantitative estimate of drug-likeness (QED) is 0.175. The second kappa shape index (κ2) is 7.89. The van der Waals surface area contributed by atoms with Crippen LogP contribution < -0.4 is 0 Å². The highest BCUT2D eigenvalue weighted by atomic mass is 79.9. The summed E-state index contributed by atoms with van der Waals surface area (Å²) < 4.78 is 224. The number of rotatable bonds is 9. The van der Waals surface area contributed by atoms with Crippen molar-refractivity contribution in [2.45, 2.75) is 45.0 Å². The summed E-state index contributed by atoms with van der Waals surface area (Å²) in [5, 5.41) is -7.54. The molecule has 188 valence electrons. The van der Waals surface area contributed by atoms with Gasteiger partial charge in [0.2, 0.25) is 0 Å². The molecule has 0 N–H and O–H groups in total. The Hall–Kier alpha value is -0.290. The van der Waals surface area contributed by atoms with Crippen LogP contribution in [0.1, 0.15) is 0 Å². The van der Waals surface area contributed by atoms with Gasteiger partial charge < -0.3 is 0 Å². The minimum absolute atomic E-state index is 0.575. The average Bonchev–Trinajstić information content (AvgIpc) is 2.41. The Balaban J connectivity index is 6.62. The molecule has 4 nitrogen and oxygen atoms in total. The lowest BCUT2D eigenvalue weighted by atomic mass is 10.2. The second-order valence-electron chi connectivity index (χ2n) is 4.87. The molecule has 0 aliphatic rings. The number of hydrogen-bond acceptors (Lipinski definition) is 4. The molecule has 31 heavy (non-hydrogen) atoms. The van der Waals surface area contributed by atoms with Gasteiger partial charge in [-0.2, -0.15) is 74.3 Å². The number of ether oxygens (including phenoxy) is 2. The minimum Gasteiger partial charge on any atom is -0.263 e. The zero-order chi connectivity index (χ0) is 25.9. The fourth-order valence-corrected chi connectivity index (χ4v) is 2.41. The summed E-state index contributed by atoms with van der Waals surface area (Å²) >= 11 is 1.25. The topological polar surface area (TPSA) is 52.6 Å². The second-order valence-corrected chi connectivity index (χ2v) is 8.28. The van der Waals surface area contributed by atoms with Crippen LogP contribution in [0.15, 0.2) is 0 Å². The predicted molar refractivity (Wildman–Crippen MR) is 68.5 cm³/mol. The van der Waals surface area contributed by atoms with Crippen molar-refractivity contribution in [3.8, 4) is 0 Å². The van der Waals surface area contributed by atoms with Crippen LogP contribution in [0.2, 0.25) is 0 Å². The fourth-order valence-electron chi connectivity index (χ4n) is 1.12.